The number of hydrogen-bond donors (Lipinski definition) is 1. The van der Waals surface area contributed by atoms with Crippen LogP contribution in [0.4, 0.5) is 0 Å². The third-order valence-corrected chi connectivity index (χ3v) is 5.77. The first kappa shape index (κ1) is 17.8. The van der Waals surface area contributed by atoms with Crippen molar-refractivity contribution in [3.63, 3.8) is 0 Å². The van der Waals surface area contributed by atoms with Crippen LogP contribution in [-0.2, 0) is 11.3 Å². The summed E-state index contributed by atoms with van der Waals surface area (Å²) in [6.07, 6.45) is 1.71. The number of phenols is 1. The number of thioether (sulfide) groups is 1. The van der Waals surface area contributed by atoms with Crippen LogP contribution in [0, 0.1) is 0 Å². The third-order valence-electron chi connectivity index (χ3n) is 4.72. The van der Waals surface area contributed by atoms with E-state index in [4.69, 9.17) is 0 Å². The summed E-state index contributed by atoms with van der Waals surface area (Å²) in [7, 11) is 0. The molecule has 0 saturated carbocycles. The number of rotatable bonds is 3. The Hall–Kier alpha value is -2.57. The van der Waals surface area contributed by atoms with E-state index in [0.29, 0.717) is 10.5 Å². The second kappa shape index (κ2) is 7.98. The van der Waals surface area contributed by atoms with Crippen molar-refractivity contribution in [3.05, 3.63) is 70.6 Å². The van der Waals surface area contributed by atoms with Crippen LogP contribution >= 0.6 is 11.8 Å². The smallest absolute Gasteiger partial charge is 0.286 e. The van der Waals surface area contributed by atoms with E-state index in [1.807, 2.05) is 12.1 Å². The molecule has 4 rings (SSSR count). The van der Waals surface area contributed by atoms with Gasteiger partial charge in [0, 0.05) is 38.3 Å². The largest absolute Gasteiger partial charge is 0.507 e. The van der Waals surface area contributed by atoms with Gasteiger partial charge in [-0.05, 0) is 29.5 Å². The van der Waals surface area contributed by atoms with Crippen molar-refractivity contribution < 1.29 is 9.90 Å². The molecule has 2 aliphatic heterocycles. The summed E-state index contributed by atoms with van der Waals surface area (Å²) < 4.78 is 0. The summed E-state index contributed by atoms with van der Waals surface area (Å²) >= 11 is 1.39. The summed E-state index contributed by atoms with van der Waals surface area (Å²) in [5, 5.41) is 10.7. The fourth-order valence-corrected chi connectivity index (χ4v) is 4.18. The van der Waals surface area contributed by atoms with Gasteiger partial charge in [-0.2, -0.15) is 4.99 Å². The number of carbonyl (C=O) groups is 1. The number of benzene rings is 2. The highest BCUT2D eigenvalue weighted by molar-refractivity contribution is 8.18. The zero-order valence-electron chi connectivity index (χ0n) is 14.9. The molecule has 0 atom stereocenters. The molecule has 0 spiro atoms. The first-order valence-corrected chi connectivity index (χ1v) is 9.82. The van der Waals surface area contributed by atoms with Crippen LogP contribution in [0.3, 0.4) is 0 Å². The van der Waals surface area contributed by atoms with Crippen molar-refractivity contribution in [2.45, 2.75) is 6.54 Å². The maximum atomic E-state index is 12.3. The predicted molar refractivity (Wildman–Crippen MR) is 109 cm³/mol. The number of nitrogens with zero attached hydrogens (tertiary/aromatic N) is 3. The van der Waals surface area contributed by atoms with E-state index in [2.05, 4.69) is 39.1 Å². The maximum absolute atomic E-state index is 12.3. The number of amidine groups is 1. The molecule has 1 N–H and O–H groups in total. The molecular weight excluding hydrogens is 358 g/mol. The van der Waals surface area contributed by atoms with E-state index < -0.39 is 0 Å². The molecule has 27 heavy (non-hydrogen) atoms. The fourth-order valence-electron chi connectivity index (χ4n) is 3.22. The Labute approximate surface area is 163 Å². The zero-order chi connectivity index (χ0) is 18.6. The molecule has 6 heteroatoms. The first-order valence-electron chi connectivity index (χ1n) is 9.01. The molecule has 0 radical (unpaired) electrons. The molecule has 0 bridgehead atoms. The Bertz CT molecular complexity index is 887. The summed E-state index contributed by atoms with van der Waals surface area (Å²) in [6.45, 7) is 4.56. The SMILES string of the molecule is O=C1N=C(N2CCN(Cc3ccccc3)CC2)S/C1=C\c1ccccc1O. The molecule has 2 aromatic rings. The maximum Gasteiger partial charge on any atom is 0.286 e. The van der Waals surface area contributed by atoms with Gasteiger partial charge in [-0.15, -0.1) is 0 Å². The van der Waals surface area contributed by atoms with Crippen molar-refractivity contribution in [2.24, 2.45) is 4.99 Å². The minimum Gasteiger partial charge on any atom is -0.507 e. The molecule has 5 nitrogen and oxygen atoms in total. The number of piperazine rings is 1. The number of hydrogen-bond acceptors (Lipinski definition) is 5. The topological polar surface area (TPSA) is 56.1 Å². The zero-order valence-corrected chi connectivity index (χ0v) is 15.7. The first-order chi connectivity index (χ1) is 13.2. The molecule has 0 unspecified atom stereocenters. The summed E-state index contributed by atoms with van der Waals surface area (Å²) in [4.78, 5) is 21.6. The van der Waals surface area contributed by atoms with Gasteiger partial charge in [-0.1, -0.05) is 48.5 Å². The Balaban J connectivity index is 1.36. The standard InChI is InChI=1S/C21H21N3O2S/c25-18-9-5-4-8-17(18)14-19-20(26)22-21(27-19)24-12-10-23(11-13-24)15-16-6-2-1-3-7-16/h1-9,14,25H,10-13,15H2/b19-14-. The average molecular weight is 379 g/mol. The second-order valence-corrected chi connectivity index (χ2v) is 7.63. The number of aliphatic imine (C=N–C) groups is 1. The number of phenolic OH excluding ortho intramolecular Hbond substituents is 1. The van der Waals surface area contributed by atoms with Gasteiger partial charge in [-0.25, -0.2) is 0 Å². The molecule has 1 amide bonds. The Morgan fingerprint density at radius 2 is 1.70 bits per heavy atom. The van der Waals surface area contributed by atoms with Crippen LogP contribution in [0.15, 0.2) is 64.5 Å². The highest BCUT2D eigenvalue weighted by Crippen LogP contribution is 2.32. The third kappa shape index (κ3) is 4.23. The normalized spacial score (nSPS) is 19.6. The van der Waals surface area contributed by atoms with Crippen molar-refractivity contribution >= 4 is 28.9 Å². The number of para-hydroxylation sites is 1. The van der Waals surface area contributed by atoms with Gasteiger partial charge in [0.25, 0.3) is 5.91 Å². The van der Waals surface area contributed by atoms with Gasteiger partial charge < -0.3 is 10.0 Å². The van der Waals surface area contributed by atoms with Gasteiger partial charge in [0.05, 0.1) is 4.91 Å². The van der Waals surface area contributed by atoms with Crippen LogP contribution in [0.25, 0.3) is 6.08 Å². The van der Waals surface area contributed by atoms with Gasteiger partial charge in [0.15, 0.2) is 5.17 Å². The van der Waals surface area contributed by atoms with Crippen LogP contribution in [0.5, 0.6) is 5.75 Å². The minimum atomic E-state index is -0.232. The van der Waals surface area contributed by atoms with Crippen LogP contribution in [0.2, 0.25) is 0 Å². The summed E-state index contributed by atoms with van der Waals surface area (Å²) in [5.41, 5.74) is 1.96. The molecule has 1 saturated heterocycles. The Morgan fingerprint density at radius 3 is 2.44 bits per heavy atom. The fraction of sp³-hybridized carbons (Fsp3) is 0.238. The van der Waals surface area contributed by atoms with Crippen molar-refractivity contribution in [2.75, 3.05) is 26.2 Å². The lowest BCUT2D eigenvalue weighted by Gasteiger charge is -2.35. The van der Waals surface area contributed by atoms with Gasteiger partial charge in [0.2, 0.25) is 0 Å². The van der Waals surface area contributed by atoms with E-state index >= 15 is 0 Å². The Kier molecular flexibility index (Phi) is 5.27. The highest BCUT2D eigenvalue weighted by atomic mass is 32.2. The van der Waals surface area contributed by atoms with E-state index in [1.165, 1.54) is 17.3 Å². The highest BCUT2D eigenvalue weighted by Gasteiger charge is 2.28. The van der Waals surface area contributed by atoms with E-state index in [1.54, 1.807) is 24.3 Å². The van der Waals surface area contributed by atoms with Gasteiger partial charge in [0.1, 0.15) is 5.75 Å². The van der Waals surface area contributed by atoms with Crippen LogP contribution < -0.4 is 0 Å². The summed E-state index contributed by atoms with van der Waals surface area (Å²) in [5.74, 6) is -0.0636. The van der Waals surface area contributed by atoms with E-state index in [-0.39, 0.29) is 11.7 Å². The van der Waals surface area contributed by atoms with E-state index in [9.17, 15) is 9.90 Å². The lowest BCUT2D eigenvalue weighted by Crippen LogP contribution is -2.47. The molecule has 138 valence electrons. The van der Waals surface area contributed by atoms with Crippen molar-refractivity contribution in [1.29, 1.82) is 0 Å². The van der Waals surface area contributed by atoms with Crippen LogP contribution in [0.1, 0.15) is 11.1 Å². The van der Waals surface area contributed by atoms with Crippen LogP contribution in [-0.4, -0.2) is 52.2 Å². The Morgan fingerprint density at radius 1 is 1.00 bits per heavy atom. The van der Waals surface area contributed by atoms with Crippen molar-refractivity contribution in [1.82, 2.24) is 9.80 Å². The van der Waals surface area contributed by atoms with E-state index in [0.717, 1.165) is 37.9 Å². The average Bonchev–Trinajstić information content (AvgIpc) is 3.05. The molecule has 2 aromatic carbocycles. The number of carbonyl (C=O) groups excluding carboxylic acids is 1. The molecule has 2 aliphatic rings. The van der Waals surface area contributed by atoms with Gasteiger partial charge >= 0.3 is 0 Å². The van der Waals surface area contributed by atoms with Crippen molar-refractivity contribution in [3.8, 4) is 5.75 Å². The lowest BCUT2D eigenvalue weighted by molar-refractivity contribution is -0.113. The minimum absolute atomic E-state index is 0.168. The predicted octanol–water partition coefficient (Wildman–Crippen LogP) is 3.18. The molecule has 2 heterocycles. The second-order valence-electron chi connectivity index (χ2n) is 6.62. The molecular formula is C21H21N3O2S. The lowest BCUT2D eigenvalue weighted by atomic mass is 10.2. The monoisotopic (exact) mass is 379 g/mol. The molecule has 0 aliphatic carbocycles. The quantitative estimate of drug-likeness (QED) is 0.830. The molecule has 1 fully saturated rings. The van der Waals surface area contributed by atoms with Gasteiger partial charge in [-0.3, -0.25) is 9.69 Å². The number of aromatic hydroxyl groups is 1. The molecule has 0 aromatic heterocycles. The number of amides is 1. The summed E-state index contributed by atoms with van der Waals surface area (Å²) in [6, 6.07) is 17.5.